The van der Waals surface area contributed by atoms with Crippen molar-refractivity contribution in [3.8, 4) is 33.4 Å². The van der Waals surface area contributed by atoms with Crippen LogP contribution in [0.15, 0.2) is 229 Å². The summed E-state index contributed by atoms with van der Waals surface area (Å²) in [5.41, 5.74) is 11.9. The molecule has 0 N–H and O–H groups in total. The van der Waals surface area contributed by atoms with Crippen LogP contribution in [0.2, 0.25) is 0 Å². The summed E-state index contributed by atoms with van der Waals surface area (Å²) in [5.74, 6) is 0. The van der Waals surface area contributed by atoms with Crippen molar-refractivity contribution < 1.29 is 4.42 Å². The molecule has 1 heterocycles. The lowest BCUT2D eigenvalue weighted by Gasteiger charge is -2.30. The molecule has 11 aromatic carbocycles. The van der Waals surface area contributed by atoms with Crippen molar-refractivity contribution in [2.24, 2.45) is 0 Å². The van der Waals surface area contributed by atoms with Crippen LogP contribution in [0.5, 0.6) is 0 Å². The monoisotopic (exact) mass is 763 g/mol. The fourth-order valence-corrected chi connectivity index (χ4v) is 9.35. The Morgan fingerprint density at radius 3 is 1.37 bits per heavy atom. The molecule has 12 rings (SSSR count). The molecule has 0 aliphatic heterocycles. The largest absolute Gasteiger partial charge is 0.456 e. The second-order valence-corrected chi connectivity index (χ2v) is 15.6. The topological polar surface area (TPSA) is 16.4 Å². The highest BCUT2D eigenvalue weighted by Gasteiger charge is 2.24. The molecule has 0 spiro atoms. The van der Waals surface area contributed by atoms with Crippen molar-refractivity contribution in [3.63, 3.8) is 0 Å². The number of hydrogen-bond donors (Lipinski definition) is 0. The SMILES string of the molecule is c1ccc(N(c2ccccc2-c2ccc3ccc4ccccc4c3c2)c2cccc3oc4ccccc4c23)c(-c2ccc(-c3ccc4ccc5ccccc5c4c3)cc2)c1. The van der Waals surface area contributed by atoms with Gasteiger partial charge in [0, 0.05) is 16.5 Å². The van der Waals surface area contributed by atoms with Crippen LogP contribution in [-0.4, -0.2) is 0 Å². The molecule has 1 aromatic heterocycles. The van der Waals surface area contributed by atoms with Gasteiger partial charge in [-0.3, -0.25) is 0 Å². The van der Waals surface area contributed by atoms with Gasteiger partial charge in [0.25, 0.3) is 0 Å². The molecule has 12 aromatic rings. The summed E-state index contributed by atoms with van der Waals surface area (Å²) in [6, 6.07) is 81.4. The highest BCUT2D eigenvalue weighted by atomic mass is 16.3. The number of fused-ring (bicyclic) bond motifs is 9. The summed E-state index contributed by atoms with van der Waals surface area (Å²) >= 11 is 0. The first kappa shape index (κ1) is 34.1. The van der Waals surface area contributed by atoms with Crippen molar-refractivity contribution in [1.82, 2.24) is 0 Å². The van der Waals surface area contributed by atoms with E-state index in [0.29, 0.717) is 0 Å². The van der Waals surface area contributed by atoms with Crippen LogP contribution < -0.4 is 4.90 Å². The van der Waals surface area contributed by atoms with Crippen LogP contribution in [0.1, 0.15) is 0 Å². The summed E-state index contributed by atoms with van der Waals surface area (Å²) in [7, 11) is 0. The summed E-state index contributed by atoms with van der Waals surface area (Å²) in [4.78, 5) is 2.45. The zero-order valence-electron chi connectivity index (χ0n) is 32.7. The molecular weight excluding hydrogens is 727 g/mol. The number of rotatable bonds is 6. The molecule has 2 heteroatoms. The van der Waals surface area contributed by atoms with Crippen LogP contribution in [0.25, 0.3) is 98.4 Å². The summed E-state index contributed by atoms with van der Waals surface area (Å²) in [5, 5.41) is 12.2. The fourth-order valence-electron chi connectivity index (χ4n) is 9.35. The molecular formula is C58H37NO. The van der Waals surface area contributed by atoms with Gasteiger partial charge in [0.1, 0.15) is 11.2 Å². The third-order valence-corrected chi connectivity index (χ3v) is 12.2. The first-order valence-electron chi connectivity index (χ1n) is 20.6. The van der Waals surface area contributed by atoms with Crippen LogP contribution in [0.3, 0.4) is 0 Å². The van der Waals surface area contributed by atoms with Crippen LogP contribution >= 0.6 is 0 Å². The zero-order chi connectivity index (χ0) is 39.6. The van der Waals surface area contributed by atoms with Crippen molar-refractivity contribution in [2.75, 3.05) is 4.90 Å². The van der Waals surface area contributed by atoms with Crippen LogP contribution in [0, 0.1) is 0 Å². The predicted molar refractivity (Wildman–Crippen MR) is 255 cm³/mol. The molecule has 0 saturated carbocycles. The Morgan fingerprint density at radius 2 is 0.700 bits per heavy atom. The lowest BCUT2D eigenvalue weighted by Crippen LogP contribution is -2.12. The van der Waals surface area contributed by atoms with Crippen molar-refractivity contribution in [3.05, 3.63) is 224 Å². The molecule has 0 aliphatic rings. The maximum Gasteiger partial charge on any atom is 0.137 e. The molecule has 60 heavy (non-hydrogen) atoms. The number of anilines is 3. The molecule has 0 unspecified atom stereocenters. The van der Waals surface area contributed by atoms with Crippen LogP contribution in [0.4, 0.5) is 17.1 Å². The summed E-state index contributed by atoms with van der Waals surface area (Å²) in [6.07, 6.45) is 0. The van der Waals surface area contributed by atoms with E-state index in [2.05, 4.69) is 223 Å². The van der Waals surface area contributed by atoms with E-state index in [9.17, 15) is 0 Å². The maximum absolute atomic E-state index is 6.51. The highest BCUT2D eigenvalue weighted by Crippen LogP contribution is 2.49. The number of benzene rings is 11. The average Bonchev–Trinajstić information content (AvgIpc) is 3.71. The Bertz CT molecular complexity index is 3610. The molecule has 2 nitrogen and oxygen atoms in total. The Labute approximate surface area is 347 Å². The first-order valence-corrected chi connectivity index (χ1v) is 20.6. The van der Waals surface area contributed by atoms with Gasteiger partial charge >= 0.3 is 0 Å². The van der Waals surface area contributed by atoms with Gasteiger partial charge in [0.05, 0.1) is 22.4 Å². The van der Waals surface area contributed by atoms with E-state index in [0.717, 1.165) is 61.3 Å². The maximum atomic E-state index is 6.51. The molecule has 0 fully saturated rings. The normalized spacial score (nSPS) is 11.7. The molecule has 280 valence electrons. The van der Waals surface area contributed by atoms with E-state index in [1.807, 2.05) is 6.07 Å². The van der Waals surface area contributed by atoms with E-state index in [1.54, 1.807) is 0 Å². The van der Waals surface area contributed by atoms with Gasteiger partial charge < -0.3 is 9.32 Å². The number of hydrogen-bond acceptors (Lipinski definition) is 2. The van der Waals surface area contributed by atoms with E-state index >= 15 is 0 Å². The Hall–Kier alpha value is -7.94. The second kappa shape index (κ2) is 13.9. The lowest BCUT2D eigenvalue weighted by molar-refractivity contribution is 0.669. The van der Waals surface area contributed by atoms with E-state index < -0.39 is 0 Å². The van der Waals surface area contributed by atoms with Crippen molar-refractivity contribution in [2.45, 2.75) is 0 Å². The highest BCUT2D eigenvalue weighted by molar-refractivity contribution is 6.15. The number of para-hydroxylation sites is 3. The van der Waals surface area contributed by atoms with E-state index in [1.165, 1.54) is 54.2 Å². The zero-order valence-corrected chi connectivity index (χ0v) is 32.7. The van der Waals surface area contributed by atoms with Gasteiger partial charge in [-0.05, 0) is 108 Å². The summed E-state index contributed by atoms with van der Waals surface area (Å²) in [6.45, 7) is 0. The Kier molecular flexibility index (Phi) is 7.89. The van der Waals surface area contributed by atoms with E-state index in [-0.39, 0.29) is 0 Å². The lowest BCUT2D eigenvalue weighted by atomic mass is 9.94. The predicted octanol–water partition coefficient (Wildman–Crippen LogP) is 16.7. The molecule has 0 atom stereocenters. The Balaban J connectivity index is 1.05. The van der Waals surface area contributed by atoms with Gasteiger partial charge in [0.2, 0.25) is 0 Å². The molecule has 0 aliphatic carbocycles. The van der Waals surface area contributed by atoms with Crippen LogP contribution in [-0.2, 0) is 0 Å². The molecule has 0 bridgehead atoms. The summed E-state index contributed by atoms with van der Waals surface area (Å²) < 4.78 is 6.51. The average molecular weight is 764 g/mol. The molecule has 0 amide bonds. The minimum absolute atomic E-state index is 0.860. The van der Waals surface area contributed by atoms with Gasteiger partial charge in [-0.1, -0.05) is 182 Å². The minimum Gasteiger partial charge on any atom is -0.456 e. The smallest absolute Gasteiger partial charge is 0.137 e. The van der Waals surface area contributed by atoms with Crippen molar-refractivity contribution >= 4 is 82.1 Å². The quantitative estimate of drug-likeness (QED) is 0.157. The Morgan fingerprint density at radius 1 is 0.267 bits per heavy atom. The van der Waals surface area contributed by atoms with Gasteiger partial charge in [-0.15, -0.1) is 0 Å². The third-order valence-electron chi connectivity index (χ3n) is 12.2. The second-order valence-electron chi connectivity index (χ2n) is 15.6. The number of furan rings is 1. The van der Waals surface area contributed by atoms with Gasteiger partial charge in [0.15, 0.2) is 0 Å². The van der Waals surface area contributed by atoms with Gasteiger partial charge in [-0.2, -0.15) is 0 Å². The molecule has 0 radical (unpaired) electrons. The number of nitrogens with zero attached hydrogens (tertiary/aromatic N) is 1. The first-order chi connectivity index (χ1) is 29.7. The van der Waals surface area contributed by atoms with Gasteiger partial charge in [-0.25, -0.2) is 0 Å². The standard InChI is InChI=1S/C58H37NO/c1-3-14-46-39(12-1)28-30-42-32-34-44(36-51(42)46)38-24-26-41(27-25-38)48-16-5-8-19-53(48)59(55-21-11-23-57-58(55)50-18-7-10-22-56(50)60-57)54-20-9-6-17-49(54)45-35-33-43-31-29-40-13-2-4-15-47(40)52(43)37-45/h1-37H. The third kappa shape index (κ3) is 5.57. The minimum atomic E-state index is 0.860. The fraction of sp³-hybridized carbons (Fsp3) is 0. The van der Waals surface area contributed by atoms with Crippen molar-refractivity contribution in [1.29, 1.82) is 0 Å². The molecule has 0 saturated heterocycles. The van der Waals surface area contributed by atoms with E-state index in [4.69, 9.17) is 4.42 Å².